The van der Waals surface area contributed by atoms with E-state index in [1.165, 1.54) is 17.3 Å². The molecule has 0 unspecified atom stereocenters. The van der Waals surface area contributed by atoms with Crippen molar-refractivity contribution in [1.82, 2.24) is 10.3 Å². The number of halogens is 1. The van der Waals surface area contributed by atoms with Crippen LogP contribution in [0.3, 0.4) is 0 Å². The van der Waals surface area contributed by atoms with Crippen LogP contribution in [0.5, 0.6) is 0 Å². The number of nitrogens with zero attached hydrogens (tertiary/aromatic N) is 2. The third-order valence-electron chi connectivity index (χ3n) is 5.44. The van der Waals surface area contributed by atoms with Crippen LogP contribution in [0.1, 0.15) is 24.0 Å². The Balaban J connectivity index is 1.64. The summed E-state index contributed by atoms with van der Waals surface area (Å²) in [5.41, 5.74) is 4.88. The lowest BCUT2D eigenvalue weighted by Gasteiger charge is -2.36. The number of nitrogens with one attached hydrogen (secondary N) is 1. The quantitative estimate of drug-likeness (QED) is 0.683. The van der Waals surface area contributed by atoms with E-state index in [9.17, 15) is 4.39 Å². The maximum atomic E-state index is 14.2. The Morgan fingerprint density at radius 1 is 1.04 bits per heavy atom. The summed E-state index contributed by atoms with van der Waals surface area (Å²) in [5, 5.41) is 3.45. The molecule has 2 heterocycles. The zero-order chi connectivity index (χ0) is 19.3. The summed E-state index contributed by atoms with van der Waals surface area (Å²) in [7, 11) is 0. The standard InChI is InChI=1S/C24H26FN3/c1-18-6-8-20(9-7-18)28(21-11-13-26-14-12-21)17-19-10-15-27-24(16-19)22-4-2-3-5-23(22)25/h2-10,15-16,21,26H,11-14,17H2,1H3. The molecule has 1 saturated heterocycles. The molecule has 3 aromatic rings. The minimum atomic E-state index is -0.235. The molecule has 0 atom stereocenters. The molecule has 0 bridgehead atoms. The summed E-state index contributed by atoms with van der Waals surface area (Å²) in [6.07, 6.45) is 4.03. The van der Waals surface area contributed by atoms with Gasteiger partial charge in [0, 0.05) is 30.0 Å². The number of aromatic nitrogens is 1. The molecule has 1 aliphatic heterocycles. The van der Waals surface area contributed by atoms with Gasteiger partial charge < -0.3 is 10.2 Å². The van der Waals surface area contributed by atoms with Crippen LogP contribution in [-0.4, -0.2) is 24.1 Å². The zero-order valence-corrected chi connectivity index (χ0v) is 16.2. The van der Waals surface area contributed by atoms with Crippen molar-refractivity contribution in [2.75, 3.05) is 18.0 Å². The molecule has 28 heavy (non-hydrogen) atoms. The summed E-state index contributed by atoms with van der Waals surface area (Å²) >= 11 is 0. The van der Waals surface area contributed by atoms with E-state index in [4.69, 9.17) is 0 Å². The average Bonchev–Trinajstić information content (AvgIpc) is 2.74. The van der Waals surface area contributed by atoms with Gasteiger partial charge in [-0.05, 0) is 74.8 Å². The maximum Gasteiger partial charge on any atom is 0.132 e. The van der Waals surface area contributed by atoms with Crippen LogP contribution >= 0.6 is 0 Å². The van der Waals surface area contributed by atoms with E-state index < -0.39 is 0 Å². The number of hydrogen-bond donors (Lipinski definition) is 1. The van der Waals surface area contributed by atoms with Crippen molar-refractivity contribution in [2.24, 2.45) is 0 Å². The Labute approximate surface area is 166 Å². The first-order valence-corrected chi connectivity index (χ1v) is 9.94. The van der Waals surface area contributed by atoms with E-state index in [2.05, 4.69) is 46.4 Å². The monoisotopic (exact) mass is 375 g/mol. The van der Waals surface area contributed by atoms with E-state index in [-0.39, 0.29) is 5.82 Å². The molecule has 1 fully saturated rings. The van der Waals surface area contributed by atoms with Gasteiger partial charge in [0.05, 0.1) is 5.69 Å². The van der Waals surface area contributed by atoms with Crippen molar-refractivity contribution in [3.63, 3.8) is 0 Å². The van der Waals surface area contributed by atoms with Crippen LogP contribution in [-0.2, 0) is 6.54 Å². The highest BCUT2D eigenvalue weighted by Crippen LogP contribution is 2.27. The lowest BCUT2D eigenvalue weighted by molar-refractivity contribution is 0.428. The van der Waals surface area contributed by atoms with Crippen LogP contribution < -0.4 is 10.2 Å². The Hall–Kier alpha value is -2.72. The fourth-order valence-electron chi connectivity index (χ4n) is 3.87. The fraction of sp³-hybridized carbons (Fsp3) is 0.292. The van der Waals surface area contributed by atoms with Crippen LogP contribution in [0.2, 0.25) is 0 Å². The highest BCUT2D eigenvalue weighted by molar-refractivity contribution is 5.60. The summed E-state index contributed by atoms with van der Waals surface area (Å²) in [6, 6.07) is 20.1. The van der Waals surface area contributed by atoms with Gasteiger partial charge in [-0.25, -0.2) is 4.39 Å². The number of pyridine rings is 1. The second-order valence-electron chi connectivity index (χ2n) is 7.47. The number of benzene rings is 2. The van der Waals surface area contributed by atoms with Crippen LogP contribution in [0.25, 0.3) is 11.3 Å². The van der Waals surface area contributed by atoms with Crippen molar-refractivity contribution >= 4 is 5.69 Å². The van der Waals surface area contributed by atoms with E-state index in [1.54, 1.807) is 18.3 Å². The SMILES string of the molecule is Cc1ccc(N(Cc2ccnc(-c3ccccc3F)c2)C2CCNCC2)cc1. The van der Waals surface area contributed by atoms with Crippen LogP contribution in [0, 0.1) is 12.7 Å². The highest BCUT2D eigenvalue weighted by Gasteiger charge is 2.22. The third-order valence-corrected chi connectivity index (χ3v) is 5.44. The molecule has 3 nitrogen and oxygen atoms in total. The first kappa shape index (κ1) is 18.6. The molecular weight excluding hydrogens is 349 g/mol. The van der Waals surface area contributed by atoms with Gasteiger partial charge in [-0.2, -0.15) is 0 Å². The van der Waals surface area contributed by atoms with Gasteiger partial charge in [-0.1, -0.05) is 29.8 Å². The molecule has 0 saturated carbocycles. The first-order chi connectivity index (χ1) is 13.7. The molecule has 0 radical (unpaired) electrons. The molecule has 4 rings (SSSR count). The third kappa shape index (κ3) is 4.23. The first-order valence-electron chi connectivity index (χ1n) is 9.94. The van der Waals surface area contributed by atoms with Crippen molar-refractivity contribution < 1.29 is 4.39 Å². The number of aryl methyl sites for hydroxylation is 1. The Morgan fingerprint density at radius 2 is 1.79 bits per heavy atom. The molecule has 2 aromatic carbocycles. The summed E-state index contributed by atoms with van der Waals surface area (Å²) in [4.78, 5) is 6.89. The second kappa shape index (κ2) is 8.53. The fourth-order valence-corrected chi connectivity index (χ4v) is 3.87. The van der Waals surface area contributed by atoms with Crippen LogP contribution in [0.4, 0.5) is 10.1 Å². The van der Waals surface area contributed by atoms with Gasteiger partial charge in [0.15, 0.2) is 0 Å². The van der Waals surface area contributed by atoms with Gasteiger partial charge >= 0.3 is 0 Å². The Morgan fingerprint density at radius 3 is 2.54 bits per heavy atom. The van der Waals surface area contributed by atoms with Crippen LogP contribution in [0.15, 0.2) is 66.9 Å². The predicted molar refractivity (Wildman–Crippen MR) is 113 cm³/mol. The molecule has 1 aliphatic rings. The summed E-state index contributed by atoms with van der Waals surface area (Å²) < 4.78 is 14.2. The van der Waals surface area contributed by atoms with Gasteiger partial charge in [-0.15, -0.1) is 0 Å². The van der Waals surface area contributed by atoms with Gasteiger partial charge in [-0.3, -0.25) is 4.98 Å². The number of rotatable bonds is 5. The van der Waals surface area contributed by atoms with E-state index in [1.807, 2.05) is 18.2 Å². The van der Waals surface area contributed by atoms with Crippen molar-refractivity contribution in [3.8, 4) is 11.3 Å². The van der Waals surface area contributed by atoms with E-state index >= 15 is 0 Å². The lowest BCUT2D eigenvalue weighted by Crippen LogP contribution is -2.43. The lowest BCUT2D eigenvalue weighted by atomic mass is 10.0. The van der Waals surface area contributed by atoms with Crippen molar-refractivity contribution in [3.05, 3.63) is 83.8 Å². The summed E-state index contributed by atoms with van der Waals surface area (Å²) in [5.74, 6) is -0.235. The Bertz CT molecular complexity index is 917. The molecule has 0 spiro atoms. The number of piperidine rings is 1. The van der Waals surface area contributed by atoms with Gasteiger partial charge in [0.2, 0.25) is 0 Å². The largest absolute Gasteiger partial charge is 0.364 e. The van der Waals surface area contributed by atoms with Crippen molar-refractivity contribution in [1.29, 1.82) is 0 Å². The van der Waals surface area contributed by atoms with E-state index in [0.29, 0.717) is 17.3 Å². The van der Waals surface area contributed by atoms with E-state index in [0.717, 1.165) is 38.0 Å². The topological polar surface area (TPSA) is 28.2 Å². The average molecular weight is 375 g/mol. The minimum Gasteiger partial charge on any atom is -0.364 e. The molecule has 0 aliphatic carbocycles. The minimum absolute atomic E-state index is 0.235. The Kier molecular flexibility index (Phi) is 5.68. The molecule has 4 heteroatoms. The number of hydrogen-bond acceptors (Lipinski definition) is 3. The zero-order valence-electron chi connectivity index (χ0n) is 16.2. The second-order valence-corrected chi connectivity index (χ2v) is 7.47. The maximum absolute atomic E-state index is 14.2. The smallest absolute Gasteiger partial charge is 0.132 e. The predicted octanol–water partition coefficient (Wildman–Crippen LogP) is 4.95. The highest BCUT2D eigenvalue weighted by atomic mass is 19.1. The summed E-state index contributed by atoms with van der Waals surface area (Å²) in [6.45, 7) is 4.99. The normalized spacial score (nSPS) is 14.8. The molecular formula is C24H26FN3. The molecule has 1 aromatic heterocycles. The molecule has 0 amide bonds. The molecule has 1 N–H and O–H groups in total. The molecule has 144 valence electrons. The van der Waals surface area contributed by atoms with Gasteiger partial charge in [0.25, 0.3) is 0 Å². The van der Waals surface area contributed by atoms with Gasteiger partial charge in [0.1, 0.15) is 5.82 Å². The van der Waals surface area contributed by atoms with Crippen molar-refractivity contribution in [2.45, 2.75) is 32.4 Å². The number of anilines is 1.